The summed E-state index contributed by atoms with van der Waals surface area (Å²) in [6, 6.07) is 5.79. The van der Waals surface area contributed by atoms with Crippen LogP contribution in [-0.4, -0.2) is 20.2 Å². The van der Waals surface area contributed by atoms with Gasteiger partial charge in [0.25, 0.3) is 0 Å². The molecule has 6 heteroatoms. The largest absolute Gasteiger partial charge is 0.398 e. The quantitative estimate of drug-likeness (QED) is 0.857. The van der Waals surface area contributed by atoms with Crippen molar-refractivity contribution in [1.29, 1.82) is 0 Å². The first-order valence-electron chi connectivity index (χ1n) is 6.50. The van der Waals surface area contributed by atoms with E-state index in [2.05, 4.69) is 22.4 Å². The van der Waals surface area contributed by atoms with E-state index in [1.165, 1.54) is 12.8 Å². The molecular weight excluding hydrogens is 262 g/mol. The third-order valence-electron chi connectivity index (χ3n) is 3.89. The number of nitrogens with zero attached hydrogens (tertiary/aromatic N) is 4. The molecule has 100 valence electrons. The molecule has 19 heavy (non-hydrogen) atoms. The maximum Gasteiger partial charge on any atom is 0.185 e. The van der Waals surface area contributed by atoms with E-state index in [1.54, 1.807) is 0 Å². The van der Waals surface area contributed by atoms with Gasteiger partial charge in [0.2, 0.25) is 0 Å². The average Bonchev–Trinajstić information content (AvgIpc) is 2.97. The van der Waals surface area contributed by atoms with Crippen LogP contribution in [0.2, 0.25) is 5.02 Å². The van der Waals surface area contributed by atoms with E-state index in [0.29, 0.717) is 28.5 Å². The van der Waals surface area contributed by atoms with Crippen LogP contribution in [0.5, 0.6) is 0 Å². The van der Waals surface area contributed by atoms with Gasteiger partial charge in [-0.3, -0.25) is 0 Å². The van der Waals surface area contributed by atoms with Crippen molar-refractivity contribution in [2.45, 2.75) is 32.2 Å². The predicted octanol–water partition coefficient (Wildman–Crippen LogP) is 2.94. The molecule has 0 radical (unpaired) electrons. The van der Waals surface area contributed by atoms with Gasteiger partial charge in [-0.15, -0.1) is 5.10 Å². The number of tetrazole rings is 1. The monoisotopic (exact) mass is 277 g/mol. The first-order chi connectivity index (χ1) is 9.18. The molecule has 1 aliphatic carbocycles. The van der Waals surface area contributed by atoms with Crippen molar-refractivity contribution in [2.75, 3.05) is 5.73 Å². The lowest BCUT2D eigenvalue weighted by molar-refractivity contribution is 0.370. The highest BCUT2D eigenvalue weighted by Crippen LogP contribution is 2.39. The van der Waals surface area contributed by atoms with Gasteiger partial charge in [0.05, 0.1) is 16.6 Å². The summed E-state index contributed by atoms with van der Waals surface area (Å²) in [5.41, 5.74) is 7.36. The Balaban J connectivity index is 2.10. The Bertz CT molecular complexity index is 574. The molecule has 0 saturated heterocycles. The molecule has 5 nitrogen and oxygen atoms in total. The Kier molecular flexibility index (Phi) is 3.14. The van der Waals surface area contributed by atoms with Crippen LogP contribution in [0.4, 0.5) is 5.69 Å². The second-order valence-corrected chi connectivity index (χ2v) is 5.53. The summed E-state index contributed by atoms with van der Waals surface area (Å²) in [5, 5.41) is 12.7. The molecule has 2 unspecified atom stereocenters. The minimum absolute atomic E-state index is 0.334. The van der Waals surface area contributed by atoms with Crippen molar-refractivity contribution >= 4 is 17.3 Å². The number of benzene rings is 1. The summed E-state index contributed by atoms with van der Waals surface area (Å²) in [6.45, 7) is 2.24. The van der Waals surface area contributed by atoms with Crippen LogP contribution < -0.4 is 5.73 Å². The molecular formula is C13H16ClN5. The molecule has 0 aliphatic heterocycles. The van der Waals surface area contributed by atoms with Gasteiger partial charge in [0.1, 0.15) is 0 Å². The Morgan fingerprint density at radius 1 is 1.37 bits per heavy atom. The fourth-order valence-corrected chi connectivity index (χ4v) is 3.11. The maximum atomic E-state index is 6.25. The third kappa shape index (κ3) is 2.08. The fraction of sp³-hybridized carbons (Fsp3) is 0.462. The van der Waals surface area contributed by atoms with Gasteiger partial charge < -0.3 is 5.73 Å². The molecule has 1 heterocycles. The molecule has 1 aliphatic rings. The topological polar surface area (TPSA) is 69.6 Å². The number of rotatable bonds is 2. The Morgan fingerprint density at radius 2 is 2.21 bits per heavy atom. The van der Waals surface area contributed by atoms with E-state index in [4.69, 9.17) is 17.3 Å². The van der Waals surface area contributed by atoms with Crippen LogP contribution in [0.3, 0.4) is 0 Å². The van der Waals surface area contributed by atoms with Gasteiger partial charge in [0, 0.05) is 5.69 Å². The number of hydrogen-bond acceptors (Lipinski definition) is 4. The molecule has 1 aromatic carbocycles. The van der Waals surface area contributed by atoms with Gasteiger partial charge in [-0.2, -0.15) is 0 Å². The number of nitrogen functional groups attached to an aromatic ring is 1. The van der Waals surface area contributed by atoms with Crippen molar-refractivity contribution in [3.05, 3.63) is 23.2 Å². The molecule has 2 aromatic rings. The highest BCUT2D eigenvalue weighted by molar-refractivity contribution is 6.33. The van der Waals surface area contributed by atoms with Crippen molar-refractivity contribution in [3.63, 3.8) is 0 Å². The molecule has 2 N–H and O–H groups in total. The highest BCUT2D eigenvalue weighted by atomic mass is 35.5. The van der Waals surface area contributed by atoms with Crippen molar-refractivity contribution in [2.24, 2.45) is 5.92 Å². The zero-order valence-corrected chi connectivity index (χ0v) is 11.5. The SMILES string of the molecule is CC1CCCC1n1nnnc1-c1c(N)cccc1Cl. The van der Waals surface area contributed by atoms with Crippen LogP contribution in [0.15, 0.2) is 18.2 Å². The van der Waals surface area contributed by atoms with Crippen LogP contribution in [0.1, 0.15) is 32.2 Å². The zero-order chi connectivity index (χ0) is 13.4. The molecule has 3 rings (SSSR count). The molecule has 0 amide bonds. The van der Waals surface area contributed by atoms with Crippen molar-refractivity contribution in [3.8, 4) is 11.4 Å². The number of halogens is 1. The molecule has 1 aromatic heterocycles. The van der Waals surface area contributed by atoms with Crippen LogP contribution in [-0.2, 0) is 0 Å². The summed E-state index contributed by atoms with van der Waals surface area (Å²) >= 11 is 6.25. The van der Waals surface area contributed by atoms with Gasteiger partial charge in [0.15, 0.2) is 5.82 Å². The lowest BCUT2D eigenvalue weighted by atomic mass is 10.1. The summed E-state index contributed by atoms with van der Waals surface area (Å²) in [7, 11) is 0. The van der Waals surface area contributed by atoms with Crippen LogP contribution in [0, 0.1) is 5.92 Å². The van der Waals surface area contributed by atoms with Gasteiger partial charge in [-0.25, -0.2) is 4.68 Å². The lowest BCUT2D eigenvalue weighted by Crippen LogP contribution is -2.15. The normalized spacial score (nSPS) is 22.8. The van der Waals surface area contributed by atoms with Crippen LogP contribution in [0.25, 0.3) is 11.4 Å². The summed E-state index contributed by atoms with van der Waals surface area (Å²) in [4.78, 5) is 0. The lowest BCUT2D eigenvalue weighted by Gasteiger charge is -2.17. The van der Waals surface area contributed by atoms with E-state index in [1.807, 2.05) is 22.9 Å². The first-order valence-corrected chi connectivity index (χ1v) is 6.88. The number of anilines is 1. The molecule has 0 spiro atoms. The van der Waals surface area contributed by atoms with Gasteiger partial charge in [-0.1, -0.05) is 31.0 Å². The van der Waals surface area contributed by atoms with Crippen molar-refractivity contribution in [1.82, 2.24) is 20.2 Å². The van der Waals surface area contributed by atoms with E-state index >= 15 is 0 Å². The third-order valence-corrected chi connectivity index (χ3v) is 4.21. The predicted molar refractivity (Wildman–Crippen MR) is 74.7 cm³/mol. The summed E-state index contributed by atoms with van der Waals surface area (Å²) in [5.74, 6) is 1.24. The van der Waals surface area contributed by atoms with Crippen LogP contribution >= 0.6 is 11.6 Å². The van der Waals surface area contributed by atoms with Gasteiger partial charge >= 0.3 is 0 Å². The summed E-state index contributed by atoms with van der Waals surface area (Å²) < 4.78 is 1.88. The van der Waals surface area contributed by atoms with Gasteiger partial charge in [-0.05, 0) is 41.3 Å². The maximum absolute atomic E-state index is 6.25. The second-order valence-electron chi connectivity index (χ2n) is 5.13. The number of nitrogens with two attached hydrogens (primary N) is 1. The smallest absolute Gasteiger partial charge is 0.185 e. The molecule has 2 atom stereocenters. The Labute approximate surface area is 116 Å². The van der Waals surface area contributed by atoms with E-state index < -0.39 is 0 Å². The Morgan fingerprint density at radius 3 is 2.89 bits per heavy atom. The van der Waals surface area contributed by atoms with Crippen molar-refractivity contribution < 1.29 is 0 Å². The number of aromatic nitrogens is 4. The standard InChI is InChI=1S/C13H16ClN5/c1-8-4-2-7-11(8)19-13(16-17-18-19)12-9(14)5-3-6-10(12)15/h3,5-6,8,11H,2,4,7,15H2,1H3. The average molecular weight is 278 g/mol. The number of hydrogen-bond donors (Lipinski definition) is 1. The van der Waals surface area contributed by atoms with E-state index in [9.17, 15) is 0 Å². The molecule has 1 saturated carbocycles. The fourth-order valence-electron chi connectivity index (χ4n) is 2.85. The first kappa shape index (κ1) is 12.4. The molecule has 0 bridgehead atoms. The minimum atomic E-state index is 0.334. The van der Waals surface area contributed by atoms with E-state index in [0.717, 1.165) is 12.0 Å². The summed E-state index contributed by atoms with van der Waals surface area (Å²) in [6.07, 6.45) is 3.52. The second kappa shape index (κ2) is 4.81. The minimum Gasteiger partial charge on any atom is -0.398 e. The zero-order valence-electron chi connectivity index (χ0n) is 10.8. The highest BCUT2D eigenvalue weighted by Gasteiger charge is 2.29. The molecule has 1 fully saturated rings. The Hall–Kier alpha value is -1.62. The van der Waals surface area contributed by atoms with E-state index in [-0.39, 0.29) is 0 Å².